The van der Waals surface area contributed by atoms with Gasteiger partial charge >= 0.3 is 0 Å². The lowest BCUT2D eigenvalue weighted by molar-refractivity contribution is 0.128. The molecule has 0 radical (unpaired) electrons. The Labute approximate surface area is 129 Å². The number of hydrogen-bond donors (Lipinski definition) is 2. The van der Waals surface area contributed by atoms with Gasteiger partial charge in [0.25, 0.3) is 0 Å². The molecule has 0 amide bonds. The van der Waals surface area contributed by atoms with Crippen LogP contribution in [-0.4, -0.2) is 23.1 Å². The van der Waals surface area contributed by atoms with E-state index >= 15 is 0 Å². The standard InChI is InChI=1S/C15H19ClN4O/c1-2-21-10-15-19-13(17)9-14(20-15)18-8-7-11-3-5-12(16)6-4-11/h3-6,9H,2,7-8,10H2,1H3,(H3,17,18,19,20). The Bertz CT molecular complexity index is 574. The Morgan fingerprint density at radius 1 is 1.24 bits per heavy atom. The second kappa shape index (κ2) is 7.81. The first kappa shape index (κ1) is 15.5. The van der Waals surface area contributed by atoms with Crippen molar-refractivity contribution in [2.75, 3.05) is 24.2 Å². The summed E-state index contributed by atoms with van der Waals surface area (Å²) in [6, 6.07) is 9.52. The van der Waals surface area contributed by atoms with E-state index < -0.39 is 0 Å². The van der Waals surface area contributed by atoms with Crippen LogP contribution in [0.3, 0.4) is 0 Å². The van der Waals surface area contributed by atoms with Crippen molar-refractivity contribution in [2.45, 2.75) is 20.0 Å². The summed E-state index contributed by atoms with van der Waals surface area (Å²) in [5, 5.41) is 3.99. The number of nitrogens with two attached hydrogens (primary N) is 1. The molecule has 0 saturated carbocycles. The SMILES string of the molecule is CCOCc1nc(N)cc(NCCc2ccc(Cl)cc2)n1. The van der Waals surface area contributed by atoms with Crippen LogP contribution >= 0.6 is 11.6 Å². The van der Waals surface area contributed by atoms with Gasteiger partial charge < -0.3 is 15.8 Å². The lowest BCUT2D eigenvalue weighted by atomic mass is 10.1. The Balaban J connectivity index is 1.90. The third-order valence-corrected chi connectivity index (χ3v) is 3.11. The maximum absolute atomic E-state index is 5.86. The van der Waals surface area contributed by atoms with Crippen molar-refractivity contribution >= 4 is 23.2 Å². The summed E-state index contributed by atoms with van der Waals surface area (Å²) in [5.74, 6) is 1.74. The maximum atomic E-state index is 5.86. The highest BCUT2D eigenvalue weighted by Gasteiger charge is 2.03. The van der Waals surface area contributed by atoms with Crippen LogP contribution in [0.5, 0.6) is 0 Å². The second-order valence-electron chi connectivity index (χ2n) is 4.53. The molecule has 112 valence electrons. The molecule has 0 fully saturated rings. The molecular formula is C15H19ClN4O. The third-order valence-electron chi connectivity index (χ3n) is 2.86. The summed E-state index contributed by atoms with van der Waals surface area (Å²) in [7, 11) is 0. The minimum atomic E-state index is 0.368. The molecule has 3 N–H and O–H groups in total. The number of anilines is 2. The Kier molecular flexibility index (Phi) is 5.78. The zero-order valence-electron chi connectivity index (χ0n) is 12.0. The van der Waals surface area contributed by atoms with Gasteiger partial charge in [0.05, 0.1) is 0 Å². The van der Waals surface area contributed by atoms with Crippen molar-refractivity contribution < 1.29 is 4.74 Å². The number of halogens is 1. The van der Waals surface area contributed by atoms with Crippen LogP contribution < -0.4 is 11.1 Å². The van der Waals surface area contributed by atoms with Crippen LogP contribution in [0, 0.1) is 0 Å². The van der Waals surface area contributed by atoms with E-state index in [2.05, 4.69) is 15.3 Å². The molecule has 0 aliphatic heterocycles. The van der Waals surface area contributed by atoms with Gasteiger partial charge in [0.1, 0.15) is 18.2 Å². The fourth-order valence-corrected chi connectivity index (χ4v) is 1.98. The van der Waals surface area contributed by atoms with Crippen LogP contribution in [0.1, 0.15) is 18.3 Å². The number of ether oxygens (including phenoxy) is 1. The summed E-state index contributed by atoms with van der Waals surface area (Å²) in [5.41, 5.74) is 6.98. The first-order valence-electron chi connectivity index (χ1n) is 6.87. The van der Waals surface area contributed by atoms with E-state index in [-0.39, 0.29) is 0 Å². The topological polar surface area (TPSA) is 73.1 Å². The van der Waals surface area contributed by atoms with Gasteiger partial charge in [-0.2, -0.15) is 0 Å². The summed E-state index contributed by atoms with van der Waals surface area (Å²) in [6.07, 6.45) is 0.877. The second-order valence-corrected chi connectivity index (χ2v) is 4.97. The maximum Gasteiger partial charge on any atom is 0.158 e. The summed E-state index contributed by atoms with van der Waals surface area (Å²) in [6.45, 7) is 3.68. The molecule has 0 aliphatic carbocycles. The van der Waals surface area contributed by atoms with Crippen LogP contribution in [0.25, 0.3) is 0 Å². The fraction of sp³-hybridized carbons (Fsp3) is 0.333. The third kappa shape index (κ3) is 5.21. The number of nitrogens with zero attached hydrogens (tertiary/aromatic N) is 2. The van der Waals surface area contributed by atoms with E-state index in [0.717, 1.165) is 18.0 Å². The molecule has 0 spiro atoms. The minimum Gasteiger partial charge on any atom is -0.384 e. The molecule has 0 saturated heterocycles. The lowest BCUT2D eigenvalue weighted by Gasteiger charge is -2.08. The van der Waals surface area contributed by atoms with Crippen LogP contribution in [0.2, 0.25) is 5.02 Å². The molecule has 6 heteroatoms. The number of benzene rings is 1. The average molecular weight is 307 g/mol. The molecule has 0 unspecified atom stereocenters. The first-order valence-corrected chi connectivity index (χ1v) is 7.24. The van der Waals surface area contributed by atoms with Crippen LogP contribution in [-0.2, 0) is 17.8 Å². The van der Waals surface area contributed by atoms with Crippen LogP contribution in [0.15, 0.2) is 30.3 Å². The van der Waals surface area contributed by atoms with E-state index in [0.29, 0.717) is 30.7 Å². The van der Waals surface area contributed by atoms with Gasteiger partial charge in [-0.3, -0.25) is 0 Å². The van der Waals surface area contributed by atoms with E-state index in [1.807, 2.05) is 31.2 Å². The van der Waals surface area contributed by atoms with Crippen molar-refractivity contribution in [1.82, 2.24) is 9.97 Å². The Morgan fingerprint density at radius 2 is 2.00 bits per heavy atom. The molecule has 1 aromatic carbocycles. The summed E-state index contributed by atoms with van der Waals surface area (Å²) < 4.78 is 5.29. The number of nitrogen functional groups attached to an aromatic ring is 1. The van der Waals surface area contributed by atoms with Crippen molar-refractivity contribution in [3.8, 4) is 0 Å². The van der Waals surface area contributed by atoms with E-state index in [1.54, 1.807) is 6.07 Å². The first-order chi connectivity index (χ1) is 10.2. The molecule has 21 heavy (non-hydrogen) atoms. The molecule has 1 aromatic heterocycles. The number of hydrogen-bond acceptors (Lipinski definition) is 5. The molecule has 0 bridgehead atoms. The zero-order valence-corrected chi connectivity index (χ0v) is 12.7. The monoisotopic (exact) mass is 306 g/mol. The molecule has 0 atom stereocenters. The molecule has 5 nitrogen and oxygen atoms in total. The van der Waals surface area contributed by atoms with Crippen molar-refractivity contribution in [2.24, 2.45) is 0 Å². The predicted octanol–water partition coefficient (Wildman–Crippen LogP) is 2.90. The highest BCUT2D eigenvalue weighted by molar-refractivity contribution is 6.30. The molecular weight excluding hydrogens is 288 g/mol. The van der Waals surface area contributed by atoms with Crippen molar-refractivity contribution in [3.63, 3.8) is 0 Å². The Morgan fingerprint density at radius 3 is 2.71 bits per heavy atom. The summed E-state index contributed by atoms with van der Waals surface area (Å²) >= 11 is 5.86. The molecule has 0 aliphatic rings. The average Bonchev–Trinajstić information content (AvgIpc) is 2.47. The van der Waals surface area contributed by atoms with E-state index in [9.17, 15) is 0 Å². The van der Waals surface area contributed by atoms with Gasteiger partial charge in [-0.15, -0.1) is 0 Å². The van der Waals surface area contributed by atoms with Gasteiger partial charge in [-0.05, 0) is 31.0 Å². The number of nitrogens with one attached hydrogen (secondary N) is 1. The van der Waals surface area contributed by atoms with Gasteiger partial charge in [0.2, 0.25) is 0 Å². The zero-order chi connectivity index (χ0) is 15.1. The number of rotatable bonds is 7. The van der Waals surface area contributed by atoms with E-state index in [4.69, 9.17) is 22.1 Å². The smallest absolute Gasteiger partial charge is 0.158 e. The number of aromatic nitrogens is 2. The lowest BCUT2D eigenvalue weighted by Crippen LogP contribution is -2.10. The van der Waals surface area contributed by atoms with Gasteiger partial charge in [0.15, 0.2) is 5.82 Å². The minimum absolute atomic E-state index is 0.368. The normalized spacial score (nSPS) is 10.6. The largest absolute Gasteiger partial charge is 0.384 e. The van der Waals surface area contributed by atoms with Crippen molar-refractivity contribution in [1.29, 1.82) is 0 Å². The van der Waals surface area contributed by atoms with Gasteiger partial charge in [-0.25, -0.2) is 9.97 Å². The van der Waals surface area contributed by atoms with Crippen LogP contribution in [0.4, 0.5) is 11.6 Å². The van der Waals surface area contributed by atoms with E-state index in [1.165, 1.54) is 5.56 Å². The quantitative estimate of drug-likeness (QED) is 0.823. The van der Waals surface area contributed by atoms with Crippen molar-refractivity contribution in [3.05, 3.63) is 46.7 Å². The molecule has 2 aromatic rings. The molecule has 1 heterocycles. The van der Waals surface area contributed by atoms with Gasteiger partial charge in [-0.1, -0.05) is 23.7 Å². The highest BCUT2D eigenvalue weighted by atomic mass is 35.5. The van der Waals surface area contributed by atoms with Gasteiger partial charge in [0, 0.05) is 24.2 Å². The predicted molar refractivity (Wildman–Crippen MR) is 85.4 cm³/mol. The highest BCUT2D eigenvalue weighted by Crippen LogP contribution is 2.12. The molecule has 2 rings (SSSR count). The summed E-state index contributed by atoms with van der Waals surface area (Å²) in [4.78, 5) is 8.50. The fourth-order valence-electron chi connectivity index (χ4n) is 1.85. The Hall–Kier alpha value is -1.85.